The largest absolute Gasteiger partial charge is 0.302 e. The molecule has 0 aliphatic carbocycles. The van der Waals surface area contributed by atoms with Gasteiger partial charge in [0.1, 0.15) is 0 Å². The Morgan fingerprint density at radius 1 is 1.33 bits per heavy atom. The number of hydrogen-bond acceptors (Lipinski definition) is 4. The number of likely N-dealkylation sites (tertiary alicyclic amines) is 1. The second-order valence-electron chi connectivity index (χ2n) is 5.84. The Bertz CT molecular complexity index is 619. The van der Waals surface area contributed by atoms with E-state index < -0.39 is 9.84 Å². The SMILES string of the molecule is CC1CCCN(CCS(=O)(=O)c2cccc(C#N)c2)CC1. The van der Waals surface area contributed by atoms with E-state index in [0.717, 1.165) is 31.8 Å². The van der Waals surface area contributed by atoms with E-state index in [9.17, 15) is 8.42 Å². The molecule has 114 valence electrons. The summed E-state index contributed by atoms with van der Waals surface area (Å²) in [5.74, 6) is 0.856. The second-order valence-corrected chi connectivity index (χ2v) is 7.95. The summed E-state index contributed by atoms with van der Waals surface area (Å²) in [4.78, 5) is 2.50. The molecule has 0 aromatic heterocycles. The summed E-state index contributed by atoms with van der Waals surface area (Å²) < 4.78 is 24.7. The first-order valence-electron chi connectivity index (χ1n) is 7.46. The highest BCUT2D eigenvalue weighted by molar-refractivity contribution is 7.91. The molecule has 1 aliphatic heterocycles. The molecule has 4 nitrogen and oxygen atoms in total. The molecule has 1 aliphatic rings. The van der Waals surface area contributed by atoms with Crippen LogP contribution in [0.5, 0.6) is 0 Å². The lowest BCUT2D eigenvalue weighted by atomic mass is 10.0. The van der Waals surface area contributed by atoms with Crippen LogP contribution >= 0.6 is 0 Å². The molecule has 0 bridgehead atoms. The first-order chi connectivity index (χ1) is 10.0. The molecule has 2 rings (SSSR count). The van der Waals surface area contributed by atoms with Crippen molar-refractivity contribution in [3.8, 4) is 6.07 Å². The molecule has 0 amide bonds. The highest BCUT2D eigenvalue weighted by Crippen LogP contribution is 2.17. The first kappa shape index (κ1) is 16.0. The normalized spacial score (nSPS) is 20.7. The third-order valence-corrected chi connectivity index (χ3v) is 5.80. The monoisotopic (exact) mass is 306 g/mol. The first-order valence-corrected chi connectivity index (χ1v) is 9.12. The minimum Gasteiger partial charge on any atom is -0.302 e. The van der Waals surface area contributed by atoms with Crippen LogP contribution in [0.2, 0.25) is 0 Å². The number of rotatable bonds is 4. The summed E-state index contributed by atoms with van der Waals surface area (Å²) in [5, 5.41) is 8.86. The number of nitrogens with zero attached hydrogens (tertiary/aromatic N) is 2. The third kappa shape index (κ3) is 4.55. The number of sulfone groups is 1. The lowest BCUT2D eigenvalue weighted by Gasteiger charge is -2.19. The Kier molecular flexibility index (Phi) is 5.38. The maximum absolute atomic E-state index is 12.4. The number of nitriles is 1. The van der Waals surface area contributed by atoms with Crippen molar-refractivity contribution in [2.45, 2.75) is 31.1 Å². The number of benzene rings is 1. The van der Waals surface area contributed by atoms with Gasteiger partial charge in [0, 0.05) is 6.54 Å². The van der Waals surface area contributed by atoms with Gasteiger partial charge < -0.3 is 4.90 Å². The fourth-order valence-electron chi connectivity index (χ4n) is 2.67. The molecule has 1 unspecified atom stereocenters. The van der Waals surface area contributed by atoms with Gasteiger partial charge in [-0.25, -0.2) is 8.42 Å². The molecular weight excluding hydrogens is 284 g/mol. The molecule has 0 saturated carbocycles. The minimum absolute atomic E-state index is 0.121. The predicted molar refractivity (Wildman–Crippen MR) is 82.7 cm³/mol. The molecule has 1 aromatic rings. The Morgan fingerprint density at radius 2 is 2.14 bits per heavy atom. The summed E-state index contributed by atoms with van der Waals surface area (Å²) in [6.45, 7) is 4.80. The van der Waals surface area contributed by atoms with Crippen LogP contribution in [0.1, 0.15) is 31.7 Å². The van der Waals surface area contributed by atoms with Crippen LogP contribution in [0, 0.1) is 17.2 Å². The quantitative estimate of drug-likeness (QED) is 0.857. The van der Waals surface area contributed by atoms with Gasteiger partial charge in [-0.05, 0) is 56.5 Å². The van der Waals surface area contributed by atoms with Gasteiger partial charge in [0.05, 0.1) is 22.3 Å². The van der Waals surface area contributed by atoms with E-state index >= 15 is 0 Å². The molecule has 0 N–H and O–H groups in total. The molecule has 1 saturated heterocycles. The van der Waals surface area contributed by atoms with Crippen molar-refractivity contribution >= 4 is 9.84 Å². The smallest absolute Gasteiger partial charge is 0.179 e. The van der Waals surface area contributed by atoms with E-state index in [-0.39, 0.29) is 10.6 Å². The van der Waals surface area contributed by atoms with Gasteiger partial charge in [0.2, 0.25) is 0 Å². The fraction of sp³-hybridized carbons (Fsp3) is 0.562. The van der Waals surface area contributed by atoms with Crippen LogP contribution in [-0.2, 0) is 9.84 Å². The van der Waals surface area contributed by atoms with Gasteiger partial charge in [-0.1, -0.05) is 13.0 Å². The maximum atomic E-state index is 12.4. The Morgan fingerprint density at radius 3 is 2.90 bits per heavy atom. The van der Waals surface area contributed by atoms with Crippen molar-refractivity contribution < 1.29 is 8.42 Å². The van der Waals surface area contributed by atoms with Crippen molar-refractivity contribution in [1.29, 1.82) is 5.26 Å². The summed E-state index contributed by atoms with van der Waals surface area (Å²) in [7, 11) is -3.31. The minimum atomic E-state index is -3.31. The van der Waals surface area contributed by atoms with E-state index in [1.54, 1.807) is 18.2 Å². The Hall–Kier alpha value is -1.38. The zero-order chi connectivity index (χ0) is 15.3. The van der Waals surface area contributed by atoms with Crippen LogP contribution in [-0.4, -0.2) is 38.7 Å². The lowest BCUT2D eigenvalue weighted by Crippen LogP contribution is -2.30. The van der Waals surface area contributed by atoms with Crippen molar-refractivity contribution in [3.63, 3.8) is 0 Å². The van der Waals surface area contributed by atoms with Crippen LogP contribution in [0.3, 0.4) is 0 Å². The van der Waals surface area contributed by atoms with Gasteiger partial charge in [-0.2, -0.15) is 5.26 Å². The van der Waals surface area contributed by atoms with Crippen molar-refractivity contribution in [2.75, 3.05) is 25.4 Å². The fourth-order valence-corrected chi connectivity index (χ4v) is 4.00. The summed E-state index contributed by atoms with van der Waals surface area (Å²) in [5.41, 5.74) is 0.389. The van der Waals surface area contributed by atoms with Gasteiger partial charge in [0.25, 0.3) is 0 Å². The summed E-state index contributed by atoms with van der Waals surface area (Å²) in [6.07, 6.45) is 3.52. The zero-order valence-electron chi connectivity index (χ0n) is 12.5. The average Bonchev–Trinajstić information content (AvgIpc) is 2.70. The van der Waals surface area contributed by atoms with Gasteiger partial charge >= 0.3 is 0 Å². The van der Waals surface area contributed by atoms with Gasteiger partial charge in [-0.15, -0.1) is 0 Å². The molecule has 1 fully saturated rings. The highest BCUT2D eigenvalue weighted by Gasteiger charge is 2.19. The standard InChI is InChI=1S/C16H22N2O2S/c1-14-4-3-8-18(9-7-14)10-11-21(19,20)16-6-2-5-15(12-16)13-17/h2,5-6,12,14H,3-4,7-11H2,1H3. The van der Waals surface area contributed by atoms with E-state index in [0.29, 0.717) is 12.1 Å². The maximum Gasteiger partial charge on any atom is 0.179 e. The van der Waals surface area contributed by atoms with E-state index in [1.165, 1.54) is 12.5 Å². The third-order valence-electron chi connectivity index (χ3n) is 4.11. The highest BCUT2D eigenvalue weighted by atomic mass is 32.2. The molecule has 5 heteroatoms. The molecule has 1 atom stereocenters. The van der Waals surface area contributed by atoms with Crippen molar-refractivity contribution in [3.05, 3.63) is 29.8 Å². The Balaban J connectivity index is 1.99. The molecular formula is C16H22N2O2S. The molecule has 0 spiro atoms. The van der Waals surface area contributed by atoms with Crippen LogP contribution in [0.25, 0.3) is 0 Å². The van der Waals surface area contributed by atoms with Crippen LogP contribution < -0.4 is 0 Å². The molecule has 21 heavy (non-hydrogen) atoms. The van der Waals surface area contributed by atoms with Crippen LogP contribution in [0.4, 0.5) is 0 Å². The van der Waals surface area contributed by atoms with Crippen molar-refractivity contribution in [2.24, 2.45) is 5.92 Å². The average molecular weight is 306 g/mol. The zero-order valence-corrected chi connectivity index (χ0v) is 13.3. The van der Waals surface area contributed by atoms with Gasteiger partial charge in [-0.3, -0.25) is 0 Å². The molecule has 1 heterocycles. The molecule has 0 radical (unpaired) electrons. The van der Waals surface area contributed by atoms with Crippen molar-refractivity contribution in [1.82, 2.24) is 4.90 Å². The summed E-state index contributed by atoms with van der Waals surface area (Å²) in [6, 6.07) is 8.26. The summed E-state index contributed by atoms with van der Waals surface area (Å²) >= 11 is 0. The topological polar surface area (TPSA) is 61.2 Å². The van der Waals surface area contributed by atoms with Gasteiger partial charge in [0.15, 0.2) is 9.84 Å². The van der Waals surface area contributed by atoms with Crippen LogP contribution in [0.15, 0.2) is 29.2 Å². The van der Waals surface area contributed by atoms with E-state index in [4.69, 9.17) is 5.26 Å². The second kappa shape index (κ2) is 7.06. The predicted octanol–water partition coefficient (Wildman–Crippen LogP) is 2.45. The number of hydrogen-bond donors (Lipinski definition) is 0. The lowest BCUT2D eigenvalue weighted by molar-refractivity contribution is 0.298. The van der Waals surface area contributed by atoms with E-state index in [2.05, 4.69) is 11.8 Å². The molecule has 1 aromatic carbocycles. The Labute approximate surface area is 127 Å². The van der Waals surface area contributed by atoms with E-state index in [1.807, 2.05) is 6.07 Å².